The van der Waals surface area contributed by atoms with E-state index in [-0.39, 0.29) is 29.4 Å². The van der Waals surface area contributed by atoms with Crippen molar-refractivity contribution in [3.8, 4) is 5.75 Å². The third-order valence-corrected chi connectivity index (χ3v) is 7.91. The van der Waals surface area contributed by atoms with E-state index in [1.54, 1.807) is 12.0 Å². The van der Waals surface area contributed by atoms with Gasteiger partial charge in [-0.3, -0.25) is 4.79 Å². The lowest BCUT2D eigenvalue weighted by Crippen LogP contribution is -2.41. The summed E-state index contributed by atoms with van der Waals surface area (Å²) in [6.07, 6.45) is 2.93. The lowest BCUT2D eigenvalue weighted by molar-refractivity contribution is -0.134. The minimum atomic E-state index is -3.07. The van der Waals surface area contributed by atoms with Crippen molar-refractivity contribution in [2.24, 2.45) is 0 Å². The molecule has 1 fully saturated rings. The predicted molar refractivity (Wildman–Crippen MR) is 113 cm³/mol. The van der Waals surface area contributed by atoms with E-state index in [9.17, 15) is 13.2 Å². The molecule has 0 spiro atoms. The van der Waals surface area contributed by atoms with Crippen LogP contribution in [-0.2, 0) is 27.6 Å². The minimum Gasteiger partial charge on any atom is -0.497 e. The normalized spacial score (nSPS) is 22.2. The molecule has 1 aliphatic heterocycles. The van der Waals surface area contributed by atoms with Crippen LogP contribution in [0.1, 0.15) is 41.9 Å². The van der Waals surface area contributed by atoms with E-state index >= 15 is 0 Å². The Bertz CT molecular complexity index is 984. The number of ether oxygens (including phenoxy) is 1. The lowest BCUT2D eigenvalue weighted by atomic mass is 9.96. The lowest BCUT2D eigenvalue weighted by Gasteiger charge is -2.30. The Morgan fingerprint density at radius 3 is 2.55 bits per heavy atom. The Morgan fingerprint density at radius 1 is 1.10 bits per heavy atom. The molecule has 5 nitrogen and oxygen atoms in total. The van der Waals surface area contributed by atoms with Gasteiger partial charge in [0.2, 0.25) is 5.91 Å². The van der Waals surface area contributed by atoms with Crippen molar-refractivity contribution in [1.82, 2.24) is 4.90 Å². The minimum absolute atomic E-state index is 0.0459. The second-order valence-corrected chi connectivity index (χ2v) is 10.3. The van der Waals surface area contributed by atoms with Gasteiger partial charge in [-0.1, -0.05) is 36.4 Å². The molecule has 6 heteroatoms. The molecule has 0 bridgehead atoms. The number of nitrogens with zero attached hydrogens (tertiary/aromatic N) is 1. The zero-order valence-electron chi connectivity index (χ0n) is 16.7. The highest BCUT2D eigenvalue weighted by Crippen LogP contribution is 2.36. The monoisotopic (exact) mass is 413 g/mol. The average molecular weight is 414 g/mol. The number of hydrogen-bond donors (Lipinski definition) is 0. The van der Waals surface area contributed by atoms with Gasteiger partial charge in [0.15, 0.2) is 9.84 Å². The van der Waals surface area contributed by atoms with Crippen molar-refractivity contribution >= 4 is 15.7 Å². The summed E-state index contributed by atoms with van der Waals surface area (Å²) in [6, 6.07) is 15.7. The van der Waals surface area contributed by atoms with Crippen molar-refractivity contribution < 1.29 is 17.9 Å². The first kappa shape index (κ1) is 20.0. The van der Waals surface area contributed by atoms with Gasteiger partial charge < -0.3 is 9.64 Å². The highest BCUT2D eigenvalue weighted by molar-refractivity contribution is 7.91. The fourth-order valence-electron chi connectivity index (χ4n) is 4.56. The van der Waals surface area contributed by atoms with Crippen LogP contribution < -0.4 is 4.74 Å². The summed E-state index contributed by atoms with van der Waals surface area (Å²) >= 11 is 0. The summed E-state index contributed by atoms with van der Waals surface area (Å²) in [5.41, 5.74) is 3.58. The maximum absolute atomic E-state index is 13.3. The first-order valence-electron chi connectivity index (χ1n) is 10.2. The fourth-order valence-corrected chi connectivity index (χ4v) is 6.29. The van der Waals surface area contributed by atoms with Gasteiger partial charge in [-0.25, -0.2) is 8.42 Å². The van der Waals surface area contributed by atoms with Crippen LogP contribution in [0.5, 0.6) is 5.75 Å². The van der Waals surface area contributed by atoms with Gasteiger partial charge in [-0.05, 0) is 54.0 Å². The summed E-state index contributed by atoms with van der Waals surface area (Å²) < 4.78 is 29.3. The molecule has 2 unspecified atom stereocenters. The van der Waals surface area contributed by atoms with Crippen LogP contribution in [0.4, 0.5) is 0 Å². The van der Waals surface area contributed by atoms with Crippen molar-refractivity contribution in [2.75, 3.05) is 18.6 Å². The van der Waals surface area contributed by atoms with E-state index in [1.807, 2.05) is 36.4 Å². The topological polar surface area (TPSA) is 63.7 Å². The number of benzene rings is 2. The van der Waals surface area contributed by atoms with E-state index in [1.165, 1.54) is 11.1 Å². The highest BCUT2D eigenvalue weighted by Gasteiger charge is 2.36. The standard InChI is InChI=1S/C23H27NO4S/c1-28-21-10-6-17(7-11-21)15-24(20-12-13-29(26,27)16-20)23(25)14-19-9-8-18-4-2-3-5-22(18)19/h2-7,10-11,19-20H,8-9,12-16H2,1H3. The zero-order chi connectivity index (χ0) is 20.4. The molecule has 1 heterocycles. The van der Waals surface area contributed by atoms with Gasteiger partial charge in [0, 0.05) is 19.0 Å². The van der Waals surface area contributed by atoms with Crippen LogP contribution in [0.2, 0.25) is 0 Å². The van der Waals surface area contributed by atoms with E-state index < -0.39 is 9.84 Å². The quantitative estimate of drug-likeness (QED) is 0.729. The van der Waals surface area contributed by atoms with Crippen molar-refractivity contribution in [3.63, 3.8) is 0 Å². The van der Waals surface area contributed by atoms with Crippen LogP contribution in [0, 0.1) is 0 Å². The van der Waals surface area contributed by atoms with E-state index in [2.05, 4.69) is 12.1 Å². The number of sulfone groups is 1. The maximum Gasteiger partial charge on any atom is 0.223 e. The third-order valence-electron chi connectivity index (χ3n) is 6.16. The third kappa shape index (κ3) is 4.47. The van der Waals surface area contributed by atoms with Crippen LogP contribution >= 0.6 is 0 Å². The number of carbonyl (C=O) groups excluding carboxylic acids is 1. The second-order valence-electron chi connectivity index (χ2n) is 8.07. The van der Waals surface area contributed by atoms with Gasteiger partial charge in [0.25, 0.3) is 0 Å². The predicted octanol–water partition coefficient (Wildman–Crippen LogP) is 3.33. The molecular formula is C23H27NO4S. The molecule has 154 valence electrons. The molecule has 2 atom stereocenters. The van der Waals surface area contributed by atoms with Gasteiger partial charge in [-0.15, -0.1) is 0 Å². The largest absolute Gasteiger partial charge is 0.497 e. The van der Waals surface area contributed by atoms with Crippen LogP contribution in [0.3, 0.4) is 0 Å². The number of fused-ring (bicyclic) bond motifs is 1. The van der Waals surface area contributed by atoms with Crippen LogP contribution in [-0.4, -0.2) is 43.9 Å². The van der Waals surface area contributed by atoms with Gasteiger partial charge in [0.05, 0.1) is 18.6 Å². The Kier molecular flexibility index (Phi) is 5.63. The molecule has 2 aromatic carbocycles. The molecule has 1 amide bonds. The SMILES string of the molecule is COc1ccc(CN(C(=O)CC2CCc3ccccc32)C2CCS(=O)(=O)C2)cc1. The van der Waals surface area contributed by atoms with Gasteiger partial charge >= 0.3 is 0 Å². The summed E-state index contributed by atoms with van der Waals surface area (Å²) in [6.45, 7) is 0.428. The molecule has 4 rings (SSSR count). The number of carbonyl (C=O) groups is 1. The van der Waals surface area contributed by atoms with E-state index in [0.717, 1.165) is 24.2 Å². The number of aryl methyl sites for hydroxylation is 1. The van der Waals surface area contributed by atoms with Crippen molar-refractivity contribution in [3.05, 3.63) is 65.2 Å². The van der Waals surface area contributed by atoms with E-state index in [4.69, 9.17) is 4.74 Å². The van der Waals surface area contributed by atoms with Crippen molar-refractivity contribution in [2.45, 2.75) is 44.2 Å². The van der Waals surface area contributed by atoms with Crippen LogP contribution in [0.25, 0.3) is 0 Å². The molecule has 1 aliphatic carbocycles. The van der Waals surface area contributed by atoms with Gasteiger partial charge in [-0.2, -0.15) is 0 Å². The number of hydrogen-bond acceptors (Lipinski definition) is 4. The summed E-state index contributed by atoms with van der Waals surface area (Å²) in [4.78, 5) is 15.1. The Balaban J connectivity index is 1.53. The molecule has 0 radical (unpaired) electrons. The Labute approximate surface area is 172 Å². The molecule has 29 heavy (non-hydrogen) atoms. The van der Waals surface area contributed by atoms with Crippen LogP contribution in [0.15, 0.2) is 48.5 Å². The van der Waals surface area contributed by atoms with E-state index in [0.29, 0.717) is 19.4 Å². The number of methoxy groups -OCH3 is 1. The van der Waals surface area contributed by atoms with Crippen molar-refractivity contribution in [1.29, 1.82) is 0 Å². The summed E-state index contributed by atoms with van der Waals surface area (Å²) in [7, 11) is -1.45. The first-order valence-corrected chi connectivity index (χ1v) is 12.0. The smallest absolute Gasteiger partial charge is 0.223 e. The first-order chi connectivity index (χ1) is 13.9. The molecule has 0 aromatic heterocycles. The number of amides is 1. The fraction of sp³-hybridized carbons (Fsp3) is 0.435. The summed E-state index contributed by atoms with van der Waals surface area (Å²) in [5.74, 6) is 1.25. The molecule has 1 saturated heterocycles. The zero-order valence-corrected chi connectivity index (χ0v) is 17.5. The highest BCUT2D eigenvalue weighted by atomic mass is 32.2. The molecule has 0 N–H and O–H groups in total. The summed E-state index contributed by atoms with van der Waals surface area (Å²) in [5, 5.41) is 0. The second kappa shape index (κ2) is 8.19. The molecule has 2 aromatic rings. The molecular weight excluding hydrogens is 386 g/mol. The molecule has 0 saturated carbocycles. The average Bonchev–Trinajstić information content (AvgIpc) is 3.29. The van der Waals surface area contributed by atoms with Gasteiger partial charge in [0.1, 0.15) is 5.75 Å². The maximum atomic E-state index is 13.3. The Hall–Kier alpha value is -2.34. The number of rotatable bonds is 6. The molecule has 2 aliphatic rings. The Morgan fingerprint density at radius 2 is 1.86 bits per heavy atom.